The third-order valence-corrected chi connectivity index (χ3v) is 6.29. The molecule has 2 aliphatic rings. The minimum atomic E-state index is -0.481. The average molecular weight is 477 g/mol. The molecule has 5 rings (SSSR count). The van der Waals surface area contributed by atoms with E-state index < -0.39 is 6.04 Å². The van der Waals surface area contributed by atoms with E-state index in [0.29, 0.717) is 42.0 Å². The summed E-state index contributed by atoms with van der Waals surface area (Å²) in [5.74, 6) is 2.31. The fourth-order valence-electron chi connectivity index (χ4n) is 4.08. The SMILES string of the molecule is COc1ccc(NC(=O)C(C)N(C)c2nc(-c3cc(OC4COC4)ccn3)nc3c2CCC3)cn1. The summed E-state index contributed by atoms with van der Waals surface area (Å²) in [5.41, 5.74) is 3.32. The smallest absolute Gasteiger partial charge is 0.246 e. The van der Waals surface area contributed by atoms with Gasteiger partial charge in [0, 0.05) is 36.6 Å². The summed E-state index contributed by atoms with van der Waals surface area (Å²) in [6.07, 6.45) is 6.09. The van der Waals surface area contributed by atoms with Crippen LogP contribution in [0.25, 0.3) is 11.5 Å². The van der Waals surface area contributed by atoms with E-state index in [1.54, 1.807) is 31.6 Å². The number of carbonyl (C=O) groups excluding carboxylic acids is 1. The van der Waals surface area contributed by atoms with Crippen LogP contribution in [0, 0.1) is 0 Å². The molecule has 3 aromatic rings. The Morgan fingerprint density at radius 1 is 1.20 bits per heavy atom. The van der Waals surface area contributed by atoms with Gasteiger partial charge in [-0.25, -0.2) is 15.0 Å². The topological polar surface area (TPSA) is 112 Å². The van der Waals surface area contributed by atoms with Crippen molar-refractivity contribution < 1.29 is 19.0 Å². The number of hydrogen-bond donors (Lipinski definition) is 1. The minimum Gasteiger partial charge on any atom is -0.485 e. The van der Waals surface area contributed by atoms with Gasteiger partial charge in [-0.2, -0.15) is 0 Å². The van der Waals surface area contributed by atoms with Crippen molar-refractivity contribution >= 4 is 17.4 Å². The zero-order chi connectivity index (χ0) is 24.4. The van der Waals surface area contributed by atoms with E-state index in [4.69, 9.17) is 24.2 Å². The first-order valence-corrected chi connectivity index (χ1v) is 11.7. The van der Waals surface area contributed by atoms with Gasteiger partial charge in [0.1, 0.15) is 29.4 Å². The van der Waals surface area contributed by atoms with Gasteiger partial charge in [0.05, 0.1) is 32.2 Å². The number of hydrogen-bond acceptors (Lipinski definition) is 9. The number of nitrogens with zero attached hydrogens (tertiary/aromatic N) is 5. The van der Waals surface area contributed by atoms with Crippen molar-refractivity contribution in [1.29, 1.82) is 0 Å². The van der Waals surface area contributed by atoms with E-state index in [0.717, 1.165) is 36.3 Å². The standard InChI is InChI=1S/C25H28N6O4/c1-15(25(32)28-16-7-8-22(33-3)27-12-16)31(2)24-19-5-4-6-20(19)29-23(30-24)21-11-17(9-10-26-21)35-18-13-34-14-18/h7-12,15,18H,4-6,13-14H2,1-3H3,(H,28,32). The molecule has 0 bridgehead atoms. The molecule has 0 aromatic carbocycles. The summed E-state index contributed by atoms with van der Waals surface area (Å²) in [6, 6.07) is 6.66. The number of rotatable bonds is 8. The van der Waals surface area contributed by atoms with Gasteiger partial charge in [0.2, 0.25) is 11.8 Å². The van der Waals surface area contributed by atoms with Crippen molar-refractivity contribution in [3.05, 3.63) is 47.9 Å². The Hall–Kier alpha value is -3.79. The van der Waals surface area contributed by atoms with Crippen molar-refractivity contribution in [2.45, 2.75) is 38.3 Å². The Morgan fingerprint density at radius 3 is 2.77 bits per heavy atom. The number of aromatic nitrogens is 4. The van der Waals surface area contributed by atoms with Crippen LogP contribution in [-0.2, 0) is 22.4 Å². The van der Waals surface area contributed by atoms with E-state index in [2.05, 4.69) is 15.3 Å². The van der Waals surface area contributed by atoms with Gasteiger partial charge in [-0.3, -0.25) is 9.78 Å². The number of anilines is 2. The van der Waals surface area contributed by atoms with Crippen molar-refractivity contribution in [2.75, 3.05) is 37.6 Å². The lowest BCUT2D eigenvalue weighted by Crippen LogP contribution is -2.40. The van der Waals surface area contributed by atoms with Crippen LogP contribution >= 0.6 is 0 Å². The van der Waals surface area contributed by atoms with Gasteiger partial charge in [-0.1, -0.05) is 0 Å². The highest BCUT2D eigenvalue weighted by Gasteiger charge is 2.27. The molecule has 35 heavy (non-hydrogen) atoms. The molecule has 1 aliphatic heterocycles. The molecule has 1 N–H and O–H groups in total. The molecular formula is C25H28N6O4. The zero-order valence-electron chi connectivity index (χ0n) is 20.0. The fraction of sp³-hybridized carbons (Fsp3) is 0.400. The predicted octanol–water partition coefficient (Wildman–Crippen LogP) is 2.67. The largest absolute Gasteiger partial charge is 0.485 e. The summed E-state index contributed by atoms with van der Waals surface area (Å²) in [7, 11) is 3.43. The van der Waals surface area contributed by atoms with Crippen LogP contribution in [0.1, 0.15) is 24.6 Å². The van der Waals surface area contributed by atoms with Crippen molar-refractivity contribution in [1.82, 2.24) is 19.9 Å². The lowest BCUT2D eigenvalue weighted by Gasteiger charge is -2.27. The predicted molar refractivity (Wildman–Crippen MR) is 130 cm³/mol. The third kappa shape index (κ3) is 4.88. The number of aryl methyl sites for hydroxylation is 1. The number of nitrogens with one attached hydrogen (secondary N) is 1. The van der Waals surface area contributed by atoms with E-state index in [1.807, 2.05) is 31.0 Å². The van der Waals surface area contributed by atoms with Crippen molar-refractivity contribution in [2.24, 2.45) is 0 Å². The molecule has 182 valence electrons. The zero-order valence-corrected chi connectivity index (χ0v) is 20.0. The average Bonchev–Trinajstić information content (AvgIpc) is 3.34. The van der Waals surface area contributed by atoms with Crippen LogP contribution in [0.4, 0.5) is 11.5 Å². The Labute approximate surface area is 203 Å². The second-order valence-corrected chi connectivity index (χ2v) is 8.67. The molecule has 1 amide bonds. The maximum atomic E-state index is 13.0. The molecule has 1 atom stereocenters. The second kappa shape index (κ2) is 9.83. The van der Waals surface area contributed by atoms with Crippen LogP contribution in [0.2, 0.25) is 0 Å². The lowest BCUT2D eigenvalue weighted by molar-refractivity contribution is -0.117. The highest BCUT2D eigenvalue weighted by molar-refractivity contribution is 5.96. The quantitative estimate of drug-likeness (QED) is 0.524. The molecule has 1 saturated heterocycles. The van der Waals surface area contributed by atoms with Crippen LogP contribution in [-0.4, -0.2) is 65.4 Å². The number of pyridine rings is 2. The van der Waals surface area contributed by atoms with Crippen molar-refractivity contribution in [3.63, 3.8) is 0 Å². The molecule has 3 aromatic heterocycles. The van der Waals surface area contributed by atoms with E-state index in [-0.39, 0.29) is 12.0 Å². The van der Waals surface area contributed by atoms with E-state index in [1.165, 1.54) is 0 Å². The van der Waals surface area contributed by atoms with Crippen LogP contribution in [0.5, 0.6) is 11.6 Å². The van der Waals surface area contributed by atoms with Gasteiger partial charge < -0.3 is 24.4 Å². The molecular weight excluding hydrogens is 448 g/mol. The Bertz CT molecular complexity index is 1220. The lowest BCUT2D eigenvalue weighted by atomic mass is 10.2. The Kier molecular flexibility index (Phi) is 6.45. The molecule has 1 fully saturated rings. The Balaban J connectivity index is 1.38. The number of ether oxygens (including phenoxy) is 3. The molecule has 1 aliphatic carbocycles. The first-order chi connectivity index (χ1) is 17.0. The first kappa shape index (κ1) is 23.0. The molecule has 0 saturated carbocycles. The van der Waals surface area contributed by atoms with Crippen LogP contribution < -0.4 is 19.7 Å². The van der Waals surface area contributed by atoms with Crippen molar-refractivity contribution in [3.8, 4) is 23.1 Å². The van der Waals surface area contributed by atoms with Crippen LogP contribution in [0.3, 0.4) is 0 Å². The van der Waals surface area contributed by atoms with Gasteiger partial charge in [0.25, 0.3) is 0 Å². The monoisotopic (exact) mass is 476 g/mol. The number of likely N-dealkylation sites (N-methyl/N-ethyl adjacent to an activating group) is 1. The third-order valence-electron chi connectivity index (χ3n) is 6.29. The number of fused-ring (bicyclic) bond motifs is 1. The summed E-state index contributed by atoms with van der Waals surface area (Å²) in [4.78, 5) is 33.2. The van der Waals surface area contributed by atoms with Gasteiger partial charge >= 0.3 is 0 Å². The highest BCUT2D eigenvalue weighted by atomic mass is 16.6. The second-order valence-electron chi connectivity index (χ2n) is 8.67. The Morgan fingerprint density at radius 2 is 2.06 bits per heavy atom. The number of carbonyl (C=O) groups is 1. The normalized spacial score (nSPS) is 15.6. The maximum Gasteiger partial charge on any atom is 0.246 e. The summed E-state index contributed by atoms with van der Waals surface area (Å²) >= 11 is 0. The van der Waals surface area contributed by atoms with Crippen LogP contribution in [0.15, 0.2) is 36.7 Å². The minimum absolute atomic E-state index is 0.0631. The summed E-state index contributed by atoms with van der Waals surface area (Å²) in [5, 5.41) is 2.91. The summed E-state index contributed by atoms with van der Waals surface area (Å²) < 4.78 is 16.2. The molecule has 10 nitrogen and oxygen atoms in total. The van der Waals surface area contributed by atoms with E-state index in [9.17, 15) is 4.79 Å². The summed E-state index contributed by atoms with van der Waals surface area (Å²) in [6.45, 7) is 3.03. The van der Waals surface area contributed by atoms with E-state index >= 15 is 0 Å². The van der Waals surface area contributed by atoms with Gasteiger partial charge in [-0.15, -0.1) is 0 Å². The van der Waals surface area contributed by atoms with Gasteiger partial charge in [0.15, 0.2) is 5.82 Å². The van der Waals surface area contributed by atoms with Gasteiger partial charge in [-0.05, 0) is 38.3 Å². The first-order valence-electron chi connectivity index (χ1n) is 11.7. The molecule has 0 spiro atoms. The fourth-order valence-corrected chi connectivity index (χ4v) is 4.08. The number of methoxy groups -OCH3 is 1. The molecule has 10 heteroatoms. The molecule has 1 unspecified atom stereocenters. The molecule has 4 heterocycles. The maximum absolute atomic E-state index is 13.0. The molecule has 0 radical (unpaired) electrons. The highest BCUT2D eigenvalue weighted by Crippen LogP contribution is 2.32. The number of amides is 1.